The van der Waals surface area contributed by atoms with Gasteiger partial charge in [-0.05, 0) is 47.0 Å². The van der Waals surface area contributed by atoms with Crippen molar-refractivity contribution in [3.63, 3.8) is 0 Å². The van der Waals surface area contributed by atoms with Crippen LogP contribution in [-0.4, -0.2) is 44.6 Å². The van der Waals surface area contributed by atoms with Crippen LogP contribution in [-0.2, 0) is 16.0 Å². The zero-order valence-corrected chi connectivity index (χ0v) is 21.6. The lowest BCUT2D eigenvalue weighted by atomic mass is 9.98. The minimum atomic E-state index is -0.999. The van der Waals surface area contributed by atoms with Crippen LogP contribution in [0.15, 0.2) is 97.1 Å². The molecule has 0 aliphatic heterocycles. The molecule has 0 saturated heterocycles. The lowest BCUT2D eigenvalue weighted by Crippen LogP contribution is -2.24. The highest BCUT2D eigenvalue weighted by atomic mass is 16.5. The Morgan fingerprint density at radius 2 is 1.42 bits per heavy atom. The topological polar surface area (TPSA) is 74.2 Å². The van der Waals surface area contributed by atoms with Crippen LogP contribution in [0.1, 0.15) is 12.0 Å². The van der Waals surface area contributed by atoms with Gasteiger partial charge in [0.1, 0.15) is 17.2 Å². The molecule has 0 aliphatic carbocycles. The monoisotopic (exact) mass is 512 g/mol. The van der Waals surface area contributed by atoms with E-state index in [4.69, 9.17) is 18.9 Å². The molecule has 0 amide bonds. The summed E-state index contributed by atoms with van der Waals surface area (Å²) in [5, 5.41) is 9.39. The van der Waals surface area contributed by atoms with Gasteiger partial charge >= 0.3 is 5.97 Å². The number of methoxy groups -OCH3 is 2. The summed E-state index contributed by atoms with van der Waals surface area (Å²) in [4.78, 5) is 11.5. The van der Waals surface area contributed by atoms with Gasteiger partial charge < -0.3 is 24.1 Å². The molecule has 1 unspecified atom stereocenters. The maximum Gasteiger partial charge on any atom is 0.333 e. The molecule has 4 aromatic carbocycles. The summed E-state index contributed by atoms with van der Waals surface area (Å²) in [7, 11) is 3.02. The molecule has 1 N–H and O–H groups in total. The number of carboxylic acids is 1. The second kappa shape index (κ2) is 13.3. The summed E-state index contributed by atoms with van der Waals surface area (Å²) in [6.07, 6.45) is 0.00919. The van der Waals surface area contributed by atoms with Crippen LogP contribution < -0.4 is 14.2 Å². The maximum atomic E-state index is 11.5. The van der Waals surface area contributed by atoms with Crippen LogP contribution in [0.3, 0.4) is 0 Å². The molecule has 0 bridgehead atoms. The molecule has 196 valence electrons. The molecule has 0 spiro atoms. The first-order chi connectivity index (χ1) is 18.6. The van der Waals surface area contributed by atoms with Gasteiger partial charge in [-0.15, -0.1) is 0 Å². The summed E-state index contributed by atoms with van der Waals surface area (Å²) in [5.41, 5.74) is 4.84. The Bertz CT molecular complexity index is 1320. The third-order valence-electron chi connectivity index (χ3n) is 6.20. The molecule has 0 heterocycles. The number of aliphatic carboxylic acids is 1. The van der Waals surface area contributed by atoms with Gasteiger partial charge in [0.2, 0.25) is 0 Å². The van der Waals surface area contributed by atoms with Crippen LogP contribution >= 0.6 is 0 Å². The largest absolute Gasteiger partial charge is 0.496 e. The summed E-state index contributed by atoms with van der Waals surface area (Å²) in [6.45, 7) is 0.973. The van der Waals surface area contributed by atoms with Gasteiger partial charge in [-0.1, -0.05) is 66.7 Å². The third-order valence-corrected chi connectivity index (χ3v) is 6.20. The second-order valence-electron chi connectivity index (χ2n) is 8.74. The van der Waals surface area contributed by atoms with Crippen LogP contribution in [0.2, 0.25) is 0 Å². The van der Waals surface area contributed by atoms with Crippen molar-refractivity contribution in [2.45, 2.75) is 18.9 Å². The van der Waals surface area contributed by atoms with Crippen molar-refractivity contribution in [1.82, 2.24) is 0 Å². The van der Waals surface area contributed by atoms with E-state index in [0.717, 1.165) is 28.0 Å². The van der Waals surface area contributed by atoms with E-state index >= 15 is 0 Å². The van der Waals surface area contributed by atoms with E-state index in [1.54, 1.807) is 7.11 Å². The SMILES string of the molecule is COc1ccccc1-c1cc(CC(OC)C(=O)O)ccc1OCCCOc1ccc(-c2ccccc2)cc1. The number of ether oxygens (including phenoxy) is 4. The molecule has 1 atom stereocenters. The molecule has 4 aromatic rings. The van der Waals surface area contributed by atoms with E-state index in [9.17, 15) is 9.90 Å². The van der Waals surface area contributed by atoms with Crippen molar-refractivity contribution in [2.24, 2.45) is 0 Å². The Labute approximate surface area is 223 Å². The zero-order valence-electron chi connectivity index (χ0n) is 21.6. The normalized spacial score (nSPS) is 11.5. The van der Waals surface area contributed by atoms with Gasteiger partial charge in [-0.3, -0.25) is 0 Å². The van der Waals surface area contributed by atoms with Gasteiger partial charge in [0.15, 0.2) is 6.10 Å². The first-order valence-electron chi connectivity index (χ1n) is 12.5. The van der Waals surface area contributed by atoms with Crippen molar-refractivity contribution < 1.29 is 28.8 Å². The van der Waals surface area contributed by atoms with Crippen LogP contribution in [0, 0.1) is 0 Å². The molecule has 38 heavy (non-hydrogen) atoms. The standard InChI is InChI=1S/C32H32O6/c1-35-29-12-7-6-11-27(29)28-21-23(22-31(36-2)32(33)34)13-18-30(28)38-20-8-19-37-26-16-14-25(15-17-26)24-9-4-3-5-10-24/h3-7,9-18,21,31H,8,19-20,22H2,1-2H3,(H,33,34). The minimum absolute atomic E-state index is 0.241. The van der Waals surface area contributed by atoms with Crippen molar-refractivity contribution in [3.05, 3.63) is 103 Å². The predicted molar refractivity (Wildman–Crippen MR) is 148 cm³/mol. The number of para-hydroxylation sites is 1. The first-order valence-corrected chi connectivity index (χ1v) is 12.5. The summed E-state index contributed by atoms with van der Waals surface area (Å²) >= 11 is 0. The van der Waals surface area contributed by atoms with Gasteiger partial charge in [0.05, 0.1) is 20.3 Å². The summed E-state index contributed by atoms with van der Waals surface area (Å²) in [5.74, 6) is 1.21. The molecule has 0 saturated carbocycles. The average Bonchev–Trinajstić information content (AvgIpc) is 2.96. The quantitative estimate of drug-likeness (QED) is 0.206. The van der Waals surface area contributed by atoms with E-state index < -0.39 is 12.1 Å². The van der Waals surface area contributed by atoms with Crippen molar-refractivity contribution in [3.8, 4) is 39.5 Å². The molecular weight excluding hydrogens is 480 g/mol. The Morgan fingerprint density at radius 3 is 2.13 bits per heavy atom. The first kappa shape index (κ1) is 26.8. The molecule has 6 nitrogen and oxygen atoms in total. The molecule has 0 fully saturated rings. The van der Waals surface area contributed by atoms with Gasteiger partial charge in [-0.2, -0.15) is 0 Å². The number of benzene rings is 4. The van der Waals surface area contributed by atoms with Crippen molar-refractivity contribution in [1.29, 1.82) is 0 Å². The second-order valence-corrected chi connectivity index (χ2v) is 8.74. The molecule has 0 aromatic heterocycles. The van der Waals surface area contributed by atoms with E-state index in [-0.39, 0.29) is 6.42 Å². The van der Waals surface area contributed by atoms with Crippen molar-refractivity contribution >= 4 is 5.97 Å². The fourth-order valence-electron chi connectivity index (χ4n) is 4.20. The molecular formula is C32H32O6. The average molecular weight is 513 g/mol. The number of hydrogen-bond acceptors (Lipinski definition) is 5. The summed E-state index contributed by atoms with van der Waals surface area (Å²) in [6, 6.07) is 31.7. The number of rotatable bonds is 13. The Kier molecular flexibility index (Phi) is 9.37. The van der Waals surface area contributed by atoms with Crippen molar-refractivity contribution in [2.75, 3.05) is 27.4 Å². The minimum Gasteiger partial charge on any atom is -0.496 e. The van der Waals surface area contributed by atoms with Gasteiger partial charge in [-0.25, -0.2) is 4.79 Å². The molecule has 6 heteroatoms. The lowest BCUT2D eigenvalue weighted by Gasteiger charge is -2.17. The fourth-order valence-corrected chi connectivity index (χ4v) is 4.20. The Morgan fingerprint density at radius 1 is 0.737 bits per heavy atom. The lowest BCUT2D eigenvalue weighted by molar-refractivity contribution is -0.148. The zero-order chi connectivity index (χ0) is 26.7. The summed E-state index contributed by atoms with van der Waals surface area (Å²) < 4.78 is 22.8. The van der Waals surface area contributed by atoms with Crippen LogP contribution in [0.4, 0.5) is 0 Å². The van der Waals surface area contributed by atoms with E-state index in [0.29, 0.717) is 31.1 Å². The van der Waals surface area contributed by atoms with E-state index in [1.807, 2.05) is 72.8 Å². The molecule has 0 radical (unpaired) electrons. The number of hydrogen-bond donors (Lipinski definition) is 1. The Balaban J connectivity index is 1.40. The molecule has 0 aliphatic rings. The highest BCUT2D eigenvalue weighted by molar-refractivity contribution is 5.77. The van der Waals surface area contributed by atoms with E-state index in [1.165, 1.54) is 12.7 Å². The van der Waals surface area contributed by atoms with Crippen LogP contribution in [0.25, 0.3) is 22.3 Å². The third kappa shape index (κ3) is 6.93. The Hall–Kier alpha value is -4.29. The van der Waals surface area contributed by atoms with Gasteiger partial charge in [0.25, 0.3) is 0 Å². The predicted octanol–water partition coefficient (Wildman–Crippen LogP) is 6.52. The van der Waals surface area contributed by atoms with Crippen LogP contribution in [0.5, 0.6) is 17.2 Å². The highest BCUT2D eigenvalue weighted by Crippen LogP contribution is 2.37. The molecule has 4 rings (SSSR count). The highest BCUT2D eigenvalue weighted by Gasteiger charge is 2.19. The fraction of sp³-hybridized carbons (Fsp3) is 0.219. The smallest absolute Gasteiger partial charge is 0.333 e. The number of carbonyl (C=O) groups is 1. The van der Waals surface area contributed by atoms with Gasteiger partial charge in [0, 0.05) is 31.1 Å². The number of carboxylic acid groups (broad SMARTS) is 1. The van der Waals surface area contributed by atoms with E-state index in [2.05, 4.69) is 24.3 Å². The maximum absolute atomic E-state index is 11.5.